The first-order chi connectivity index (χ1) is 9.82. The van der Waals surface area contributed by atoms with E-state index in [1.54, 1.807) is 0 Å². The molecule has 1 aromatic rings. The molecule has 21 heavy (non-hydrogen) atoms. The summed E-state index contributed by atoms with van der Waals surface area (Å²) in [5, 5.41) is 0. The van der Waals surface area contributed by atoms with E-state index in [-0.39, 0.29) is 5.41 Å². The standard InChI is InChI=1S/C19H32N2/c1-14(2)13-21(17-10-11-17)18(12-20)15-6-8-16(9-7-15)19(3,4)5/h6-9,14,17-18H,10-13,20H2,1-5H3. The van der Waals surface area contributed by atoms with Gasteiger partial charge in [-0.1, -0.05) is 58.9 Å². The van der Waals surface area contributed by atoms with Crippen molar-refractivity contribution in [3.05, 3.63) is 35.4 Å². The summed E-state index contributed by atoms with van der Waals surface area (Å²) in [6.45, 7) is 13.2. The van der Waals surface area contributed by atoms with Gasteiger partial charge in [0.2, 0.25) is 0 Å². The Kier molecular flexibility index (Phi) is 5.11. The van der Waals surface area contributed by atoms with Crippen molar-refractivity contribution in [1.82, 2.24) is 4.90 Å². The Labute approximate surface area is 130 Å². The van der Waals surface area contributed by atoms with Gasteiger partial charge in [0.05, 0.1) is 0 Å². The average Bonchev–Trinajstić information content (AvgIpc) is 3.22. The van der Waals surface area contributed by atoms with Crippen molar-refractivity contribution in [1.29, 1.82) is 0 Å². The molecule has 1 aliphatic rings. The molecule has 0 saturated heterocycles. The number of hydrogen-bond acceptors (Lipinski definition) is 2. The Morgan fingerprint density at radius 3 is 2.10 bits per heavy atom. The van der Waals surface area contributed by atoms with Crippen LogP contribution in [0.5, 0.6) is 0 Å². The molecule has 0 spiro atoms. The zero-order valence-electron chi connectivity index (χ0n) is 14.4. The highest BCUT2D eigenvalue weighted by molar-refractivity contribution is 5.29. The lowest BCUT2D eigenvalue weighted by molar-refractivity contribution is 0.169. The van der Waals surface area contributed by atoms with Gasteiger partial charge >= 0.3 is 0 Å². The van der Waals surface area contributed by atoms with Crippen LogP contribution in [-0.2, 0) is 5.41 Å². The molecule has 0 heterocycles. The number of hydrogen-bond donors (Lipinski definition) is 1. The van der Waals surface area contributed by atoms with E-state index in [4.69, 9.17) is 5.73 Å². The Hall–Kier alpha value is -0.860. The maximum atomic E-state index is 6.13. The van der Waals surface area contributed by atoms with Crippen LogP contribution in [0.2, 0.25) is 0 Å². The van der Waals surface area contributed by atoms with Gasteiger partial charge in [-0.2, -0.15) is 0 Å². The molecule has 2 N–H and O–H groups in total. The summed E-state index contributed by atoms with van der Waals surface area (Å²) in [5.74, 6) is 0.688. The van der Waals surface area contributed by atoms with Crippen molar-refractivity contribution in [3.8, 4) is 0 Å². The van der Waals surface area contributed by atoms with Gasteiger partial charge in [0, 0.05) is 25.2 Å². The minimum absolute atomic E-state index is 0.213. The second-order valence-corrected chi connectivity index (χ2v) is 7.95. The summed E-state index contributed by atoms with van der Waals surface area (Å²) in [6.07, 6.45) is 2.67. The van der Waals surface area contributed by atoms with Crippen LogP contribution in [0.25, 0.3) is 0 Å². The minimum atomic E-state index is 0.213. The van der Waals surface area contributed by atoms with Gasteiger partial charge in [-0.3, -0.25) is 4.90 Å². The van der Waals surface area contributed by atoms with E-state index in [0.717, 1.165) is 12.6 Å². The SMILES string of the molecule is CC(C)CN(C1CC1)C(CN)c1ccc(C(C)(C)C)cc1. The zero-order valence-corrected chi connectivity index (χ0v) is 14.4. The van der Waals surface area contributed by atoms with Crippen LogP contribution in [0, 0.1) is 5.92 Å². The molecule has 0 aliphatic heterocycles. The average molecular weight is 288 g/mol. The summed E-state index contributed by atoms with van der Waals surface area (Å²) in [5.41, 5.74) is 9.11. The highest BCUT2D eigenvalue weighted by atomic mass is 15.2. The van der Waals surface area contributed by atoms with Crippen LogP contribution in [-0.4, -0.2) is 24.0 Å². The number of nitrogens with zero attached hydrogens (tertiary/aromatic N) is 1. The van der Waals surface area contributed by atoms with Crippen molar-refractivity contribution in [3.63, 3.8) is 0 Å². The maximum absolute atomic E-state index is 6.13. The van der Waals surface area contributed by atoms with Gasteiger partial charge in [-0.05, 0) is 35.3 Å². The van der Waals surface area contributed by atoms with E-state index in [9.17, 15) is 0 Å². The van der Waals surface area contributed by atoms with Gasteiger partial charge in [0.1, 0.15) is 0 Å². The fourth-order valence-corrected chi connectivity index (χ4v) is 3.03. The second-order valence-electron chi connectivity index (χ2n) is 7.95. The topological polar surface area (TPSA) is 29.3 Å². The second kappa shape index (κ2) is 6.50. The maximum Gasteiger partial charge on any atom is 0.0473 e. The molecule has 0 bridgehead atoms. The molecule has 118 valence electrons. The quantitative estimate of drug-likeness (QED) is 0.853. The Morgan fingerprint density at radius 1 is 1.14 bits per heavy atom. The van der Waals surface area contributed by atoms with Crippen molar-refractivity contribution >= 4 is 0 Å². The first-order valence-corrected chi connectivity index (χ1v) is 8.39. The van der Waals surface area contributed by atoms with Gasteiger partial charge in [0.15, 0.2) is 0 Å². The van der Waals surface area contributed by atoms with Crippen molar-refractivity contribution in [2.45, 2.75) is 65.0 Å². The third kappa shape index (κ3) is 4.31. The van der Waals surface area contributed by atoms with Gasteiger partial charge in [-0.15, -0.1) is 0 Å². The molecular formula is C19H32N2. The lowest BCUT2D eigenvalue weighted by atomic mass is 9.86. The Morgan fingerprint density at radius 2 is 1.71 bits per heavy atom. The predicted octanol–water partition coefficient (Wildman–Crippen LogP) is 4.10. The molecule has 2 rings (SSSR count). The first kappa shape index (κ1) is 16.5. The fraction of sp³-hybridized carbons (Fsp3) is 0.684. The summed E-state index contributed by atoms with van der Waals surface area (Å²) in [4.78, 5) is 2.64. The molecule has 0 amide bonds. The van der Waals surface area contributed by atoms with Crippen LogP contribution in [0.1, 0.15) is 64.6 Å². The predicted molar refractivity (Wildman–Crippen MR) is 91.5 cm³/mol. The molecule has 1 aromatic carbocycles. The Balaban J connectivity index is 2.19. The van der Waals surface area contributed by atoms with Crippen molar-refractivity contribution in [2.24, 2.45) is 11.7 Å². The third-order valence-electron chi connectivity index (χ3n) is 4.38. The number of benzene rings is 1. The molecule has 2 heteroatoms. The molecule has 1 fully saturated rings. The molecule has 2 nitrogen and oxygen atoms in total. The van der Waals surface area contributed by atoms with Crippen LogP contribution >= 0.6 is 0 Å². The van der Waals surface area contributed by atoms with Crippen molar-refractivity contribution in [2.75, 3.05) is 13.1 Å². The van der Waals surface area contributed by atoms with E-state index in [1.165, 1.54) is 24.0 Å². The largest absolute Gasteiger partial charge is 0.329 e. The molecule has 0 aromatic heterocycles. The zero-order chi connectivity index (χ0) is 15.6. The van der Waals surface area contributed by atoms with Crippen LogP contribution in [0.4, 0.5) is 0 Å². The summed E-state index contributed by atoms with van der Waals surface area (Å²) >= 11 is 0. The minimum Gasteiger partial charge on any atom is -0.329 e. The van der Waals surface area contributed by atoms with Gasteiger partial charge in [0.25, 0.3) is 0 Å². The highest BCUT2D eigenvalue weighted by Gasteiger charge is 2.34. The fourth-order valence-electron chi connectivity index (χ4n) is 3.03. The van der Waals surface area contributed by atoms with E-state index in [1.807, 2.05) is 0 Å². The summed E-state index contributed by atoms with van der Waals surface area (Å²) in [6, 6.07) is 10.2. The van der Waals surface area contributed by atoms with E-state index >= 15 is 0 Å². The summed E-state index contributed by atoms with van der Waals surface area (Å²) < 4.78 is 0. The molecule has 1 saturated carbocycles. The smallest absolute Gasteiger partial charge is 0.0473 e. The Bertz CT molecular complexity index is 438. The molecule has 0 radical (unpaired) electrons. The molecule has 1 aliphatic carbocycles. The monoisotopic (exact) mass is 288 g/mol. The summed E-state index contributed by atoms with van der Waals surface area (Å²) in [7, 11) is 0. The lowest BCUT2D eigenvalue weighted by Crippen LogP contribution is -2.38. The van der Waals surface area contributed by atoms with E-state index in [0.29, 0.717) is 18.5 Å². The first-order valence-electron chi connectivity index (χ1n) is 8.39. The normalized spacial score (nSPS) is 17.5. The van der Waals surface area contributed by atoms with Crippen molar-refractivity contribution < 1.29 is 0 Å². The highest BCUT2D eigenvalue weighted by Crippen LogP contribution is 2.35. The van der Waals surface area contributed by atoms with Crippen LogP contribution in [0.15, 0.2) is 24.3 Å². The van der Waals surface area contributed by atoms with E-state index < -0.39 is 0 Å². The van der Waals surface area contributed by atoms with Crippen LogP contribution < -0.4 is 5.73 Å². The number of nitrogens with two attached hydrogens (primary N) is 1. The van der Waals surface area contributed by atoms with Gasteiger partial charge < -0.3 is 5.73 Å². The molecule has 1 unspecified atom stereocenters. The third-order valence-corrected chi connectivity index (χ3v) is 4.38. The van der Waals surface area contributed by atoms with Gasteiger partial charge in [-0.25, -0.2) is 0 Å². The molecule has 1 atom stereocenters. The molecular weight excluding hydrogens is 256 g/mol. The lowest BCUT2D eigenvalue weighted by Gasteiger charge is -2.33. The van der Waals surface area contributed by atoms with E-state index in [2.05, 4.69) is 63.8 Å². The van der Waals surface area contributed by atoms with Crippen LogP contribution in [0.3, 0.4) is 0 Å². The number of rotatable bonds is 6.